The Hall–Kier alpha value is -1.20. The number of amides is 1. The Bertz CT molecular complexity index is 557. The van der Waals surface area contributed by atoms with Gasteiger partial charge < -0.3 is 9.47 Å². The van der Waals surface area contributed by atoms with Gasteiger partial charge in [-0.2, -0.15) is 0 Å². The highest BCUT2D eigenvalue weighted by Crippen LogP contribution is 2.34. The number of unbranched alkanes of at least 4 members (excludes halogenated alkanes) is 3. The number of rotatable bonds is 13. The predicted molar refractivity (Wildman–Crippen MR) is 122 cm³/mol. The van der Waals surface area contributed by atoms with Crippen LogP contribution in [-0.4, -0.2) is 37.2 Å². The van der Waals surface area contributed by atoms with E-state index in [-0.39, 0.29) is 12.1 Å². The molecule has 7 nitrogen and oxygen atoms in total. The van der Waals surface area contributed by atoms with Gasteiger partial charge in [-0.15, -0.1) is 4.52 Å². The topological polar surface area (TPSA) is 90.9 Å². The number of esters is 1. The highest BCUT2D eigenvalue weighted by atomic mass is 31.1. The van der Waals surface area contributed by atoms with Gasteiger partial charge in [0.05, 0.1) is 7.11 Å². The summed E-state index contributed by atoms with van der Waals surface area (Å²) in [6.45, 7) is 7.52. The molecule has 0 aliphatic heterocycles. The molecule has 3 unspecified atom stereocenters. The zero-order chi connectivity index (χ0) is 23.3. The van der Waals surface area contributed by atoms with Crippen LogP contribution in [0.1, 0.15) is 98.3 Å². The molecule has 1 N–H and O–H groups in total. The molecule has 180 valence electrons. The molecular weight excluding hydrogens is 417 g/mol. The normalized spacial score (nSPS) is 17.5. The monoisotopic (exact) mass is 460 g/mol. The Balaban J connectivity index is 2.70. The smallest absolute Gasteiger partial charge is 0.469 e. The molecule has 1 amide bonds. The van der Waals surface area contributed by atoms with Crippen molar-refractivity contribution < 1.29 is 28.2 Å². The Morgan fingerprint density at radius 3 is 2.35 bits per heavy atom. The van der Waals surface area contributed by atoms with Crippen LogP contribution in [0.25, 0.3) is 0 Å². The molecule has 0 saturated heterocycles. The van der Waals surface area contributed by atoms with Crippen LogP contribution >= 0.6 is 8.03 Å². The van der Waals surface area contributed by atoms with Gasteiger partial charge in [0.15, 0.2) is 12.4 Å². The molecule has 8 heteroatoms. The average molecular weight is 461 g/mol. The molecule has 0 aromatic rings. The molecule has 1 saturated carbocycles. The second-order valence-corrected chi connectivity index (χ2v) is 10.8. The zero-order valence-electron chi connectivity index (χ0n) is 20.1. The van der Waals surface area contributed by atoms with Crippen molar-refractivity contribution in [1.82, 2.24) is 5.32 Å². The van der Waals surface area contributed by atoms with Crippen LogP contribution in [0.4, 0.5) is 4.79 Å². The van der Waals surface area contributed by atoms with Gasteiger partial charge in [-0.25, -0.2) is 4.79 Å². The molecule has 0 bridgehead atoms. The van der Waals surface area contributed by atoms with E-state index in [1.54, 1.807) is 20.8 Å². The molecule has 31 heavy (non-hydrogen) atoms. The van der Waals surface area contributed by atoms with Gasteiger partial charge in [0.2, 0.25) is 0 Å². The molecule has 0 heterocycles. The summed E-state index contributed by atoms with van der Waals surface area (Å²) < 4.78 is 28.8. The van der Waals surface area contributed by atoms with E-state index >= 15 is 0 Å². The average Bonchev–Trinajstić information content (AvgIpc) is 2.68. The maximum atomic E-state index is 12.8. The number of carbonyl (C=O) groups excluding carboxylic acids is 2. The lowest BCUT2D eigenvalue weighted by Gasteiger charge is -2.26. The number of carbonyl (C=O) groups is 2. The minimum atomic E-state index is -2.13. The number of hydrogen-bond acceptors (Lipinski definition) is 6. The first-order valence-corrected chi connectivity index (χ1v) is 13.2. The van der Waals surface area contributed by atoms with Gasteiger partial charge in [0, 0.05) is 6.42 Å². The molecule has 0 spiro atoms. The molecule has 3 atom stereocenters. The van der Waals surface area contributed by atoms with Crippen LogP contribution in [0.5, 0.6) is 0 Å². The van der Waals surface area contributed by atoms with E-state index in [4.69, 9.17) is 14.0 Å². The maximum Gasteiger partial charge on any atom is 0.511 e. The highest BCUT2D eigenvalue weighted by Gasteiger charge is 2.35. The van der Waals surface area contributed by atoms with Gasteiger partial charge in [0.1, 0.15) is 11.5 Å². The van der Waals surface area contributed by atoms with Crippen molar-refractivity contribution in [2.24, 2.45) is 11.8 Å². The summed E-state index contributed by atoms with van der Waals surface area (Å²) in [7, 11) is -0.781. The van der Waals surface area contributed by atoms with Gasteiger partial charge in [-0.05, 0) is 37.7 Å². The van der Waals surface area contributed by atoms with Gasteiger partial charge in [-0.1, -0.05) is 64.7 Å². The van der Waals surface area contributed by atoms with E-state index in [0.717, 1.165) is 51.4 Å². The summed E-state index contributed by atoms with van der Waals surface area (Å²) in [6, 6.07) is 0. The summed E-state index contributed by atoms with van der Waals surface area (Å²) in [6.07, 6.45) is 9.91. The number of hydrogen-bond donors (Lipinski definition) is 1. The minimum Gasteiger partial charge on any atom is -0.469 e. The minimum absolute atomic E-state index is 0.102. The van der Waals surface area contributed by atoms with Crippen LogP contribution < -0.4 is 5.32 Å². The van der Waals surface area contributed by atoms with Gasteiger partial charge in [-0.3, -0.25) is 10.1 Å². The second-order valence-electron chi connectivity index (χ2n) is 9.56. The molecule has 1 fully saturated rings. The standard InChI is InChI=1S/C23H42NO6P/c1-6-7-8-12-15-19(21(25)28-5)17-31(27)30-20(16-18-13-10-9-11-14-18)24-22(26)29-23(2,3)4/h18-20H,6-17H2,1-5H3/p+1. The van der Waals surface area contributed by atoms with Crippen LogP contribution in [0.2, 0.25) is 0 Å². The first kappa shape index (κ1) is 27.8. The van der Waals surface area contributed by atoms with Crippen LogP contribution in [-0.2, 0) is 23.4 Å². The summed E-state index contributed by atoms with van der Waals surface area (Å²) in [4.78, 5) is 24.4. The lowest BCUT2D eigenvalue weighted by Crippen LogP contribution is -2.41. The second kappa shape index (κ2) is 14.8. The molecular formula is C23H43NO6P+. The fraction of sp³-hybridized carbons (Fsp3) is 0.913. The number of ether oxygens (including phenoxy) is 2. The summed E-state index contributed by atoms with van der Waals surface area (Å²) in [5.74, 6) is -0.391. The van der Waals surface area contributed by atoms with E-state index in [1.807, 2.05) is 0 Å². The van der Waals surface area contributed by atoms with Crippen molar-refractivity contribution in [2.45, 2.75) is 110 Å². The summed E-state index contributed by atoms with van der Waals surface area (Å²) in [5.41, 5.74) is -0.629. The number of methoxy groups -OCH3 is 1. The highest BCUT2D eigenvalue weighted by molar-refractivity contribution is 7.39. The largest absolute Gasteiger partial charge is 0.511 e. The Morgan fingerprint density at radius 2 is 1.77 bits per heavy atom. The Morgan fingerprint density at radius 1 is 1.10 bits per heavy atom. The maximum absolute atomic E-state index is 12.8. The van der Waals surface area contributed by atoms with Crippen molar-refractivity contribution in [3.05, 3.63) is 0 Å². The third kappa shape index (κ3) is 13.1. The van der Waals surface area contributed by atoms with Crippen molar-refractivity contribution in [3.63, 3.8) is 0 Å². The van der Waals surface area contributed by atoms with Crippen LogP contribution in [0, 0.1) is 11.8 Å². The van der Waals surface area contributed by atoms with Crippen molar-refractivity contribution in [3.8, 4) is 0 Å². The lowest BCUT2D eigenvalue weighted by atomic mass is 9.86. The molecule has 0 radical (unpaired) electrons. The Kier molecular flexibility index (Phi) is 13.3. The third-order valence-electron chi connectivity index (χ3n) is 5.50. The first-order valence-electron chi connectivity index (χ1n) is 11.8. The van der Waals surface area contributed by atoms with Crippen molar-refractivity contribution in [1.29, 1.82) is 0 Å². The SMILES string of the molecule is CCCCCCC(C[P+](=O)OC(CC1CCCCC1)NC(=O)OC(C)(C)C)C(=O)OC. The van der Waals surface area contributed by atoms with Gasteiger partial charge in [0.25, 0.3) is 0 Å². The van der Waals surface area contributed by atoms with E-state index in [2.05, 4.69) is 12.2 Å². The van der Waals surface area contributed by atoms with E-state index < -0.39 is 31.9 Å². The van der Waals surface area contributed by atoms with Crippen molar-refractivity contribution in [2.75, 3.05) is 13.3 Å². The predicted octanol–water partition coefficient (Wildman–Crippen LogP) is 6.33. The summed E-state index contributed by atoms with van der Waals surface area (Å²) in [5, 5.41) is 2.74. The lowest BCUT2D eigenvalue weighted by molar-refractivity contribution is -0.145. The zero-order valence-corrected chi connectivity index (χ0v) is 21.0. The molecule has 0 aromatic carbocycles. The molecule has 1 rings (SSSR count). The Labute approximate surface area is 189 Å². The fourth-order valence-electron chi connectivity index (χ4n) is 3.93. The quantitative estimate of drug-likeness (QED) is 0.150. The van der Waals surface area contributed by atoms with Crippen LogP contribution in [0.3, 0.4) is 0 Å². The number of nitrogens with one attached hydrogen (secondary N) is 1. The number of alkyl carbamates (subject to hydrolysis) is 1. The molecule has 1 aliphatic rings. The van der Waals surface area contributed by atoms with Crippen molar-refractivity contribution >= 4 is 20.1 Å². The summed E-state index contributed by atoms with van der Waals surface area (Å²) >= 11 is 0. The third-order valence-corrected chi connectivity index (χ3v) is 6.73. The first-order chi connectivity index (χ1) is 14.6. The van der Waals surface area contributed by atoms with E-state index in [0.29, 0.717) is 18.8 Å². The van der Waals surface area contributed by atoms with Gasteiger partial charge >= 0.3 is 20.1 Å². The van der Waals surface area contributed by atoms with Crippen LogP contribution in [0.15, 0.2) is 0 Å². The van der Waals surface area contributed by atoms with E-state index in [1.165, 1.54) is 13.5 Å². The fourth-order valence-corrected chi connectivity index (χ4v) is 5.13. The van der Waals surface area contributed by atoms with E-state index in [9.17, 15) is 14.2 Å². The molecule has 1 aliphatic carbocycles. The molecule has 0 aromatic heterocycles.